The van der Waals surface area contributed by atoms with E-state index < -0.39 is 12.5 Å². The third-order valence-corrected chi connectivity index (χ3v) is 2.79. The van der Waals surface area contributed by atoms with Gasteiger partial charge in [-0.2, -0.15) is 8.78 Å². The van der Waals surface area contributed by atoms with Gasteiger partial charge in [-0.05, 0) is 32.9 Å². The molecule has 0 saturated carbocycles. The number of likely N-dealkylation sites (N-methyl/N-ethyl adjacent to an activating group) is 1. The zero-order valence-corrected chi connectivity index (χ0v) is 12.8. The minimum Gasteiger partial charge on any atom is -0.434 e. The predicted molar refractivity (Wildman–Crippen MR) is 77.9 cm³/mol. The van der Waals surface area contributed by atoms with Crippen LogP contribution < -0.4 is 10.1 Å². The highest BCUT2D eigenvalue weighted by atomic mass is 19.3. The van der Waals surface area contributed by atoms with Gasteiger partial charge in [0.15, 0.2) is 0 Å². The van der Waals surface area contributed by atoms with Gasteiger partial charge >= 0.3 is 6.61 Å². The van der Waals surface area contributed by atoms with Gasteiger partial charge in [0.2, 0.25) is 5.91 Å². The molecule has 0 aromatic heterocycles. The molecule has 0 atom stereocenters. The van der Waals surface area contributed by atoms with Crippen molar-refractivity contribution in [2.75, 3.05) is 13.1 Å². The number of nitrogens with zero attached hydrogens (tertiary/aromatic N) is 1. The van der Waals surface area contributed by atoms with E-state index in [0.717, 1.165) is 0 Å². The first kappa shape index (κ1) is 17.9. The number of hydrogen-bond donors (Lipinski definition) is 1. The van der Waals surface area contributed by atoms with Gasteiger partial charge in [0.1, 0.15) is 5.75 Å². The number of hydrogen-bond acceptors (Lipinski definition) is 3. The number of alkyl halides is 2. The first-order chi connectivity index (χ1) is 10.3. The summed E-state index contributed by atoms with van der Waals surface area (Å²) in [6.07, 6.45) is 0. The summed E-state index contributed by atoms with van der Waals surface area (Å²) in [6.45, 7) is 2.43. The fourth-order valence-corrected chi connectivity index (χ4v) is 1.88. The smallest absolute Gasteiger partial charge is 0.387 e. The number of carbonyl (C=O) groups is 2. The van der Waals surface area contributed by atoms with Crippen LogP contribution in [-0.2, 0) is 4.79 Å². The molecule has 0 spiro atoms. The fourth-order valence-electron chi connectivity index (χ4n) is 1.88. The molecular formula is C15H20F2N2O3. The maximum absolute atomic E-state index is 12.4. The van der Waals surface area contributed by atoms with Crippen LogP contribution in [0, 0.1) is 0 Å². The van der Waals surface area contributed by atoms with Crippen LogP contribution in [-0.4, -0.2) is 42.5 Å². The lowest BCUT2D eigenvalue weighted by Gasteiger charge is -2.22. The molecule has 1 N–H and O–H groups in total. The van der Waals surface area contributed by atoms with Crippen molar-refractivity contribution < 1.29 is 23.1 Å². The standard InChI is InChI=1S/C15H20F2N2O3/c1-4-19(9-13(20)18-10(2)3)14(21)11-7-5-6-8-12(11)22-15(16)17/h5-8,10,15H,4,9H2,1-3H3,(H,18,20). The predicted octanol–water partition coefficient (Wildman–Crippen LogP) is 2.27. The van der Waals surface area contributed by atoms with Crippen LogP contribution in [0.2, 0.25) is 0 Å². The summed E-state index contributed by atoms with van der Waals surface area (Å²) in [4.78, 5) is 25.5. The Hall–Kier alpha value is -2.18. The highest BCUT2D eigenvalue weighted by Crippen LogP contribution is 2.21. The van der Waals surface area contributed by atoms with Crippen LogP contribution in [0.5, 0.6) is 5.75 Å². The van der Waals surface area contributed by atoms with E-state index in [-0.39, 0.29) is 36.4 Å². The largest absolute Gasteiger partial charge is 0.434 e. The molecule has 0 aliphatic rings. The van der Waals surface area contributed by atoms with Crippen LogP contribution in [0.4, 0.5) is 8.78 Å². The van der Waals surface area contributed by atoms with Crippen LogP contribution >= 0.6 is 0 Å². The Balaban J connectivity index is 2.90. The van der Waals surface area contributed by atoms with Crippen LogP contribution in [0.15, 0.2) is 24.3 Å². The number of amides is 2. The Labute approximate surface area is 128 Å². The van der Waals surface area contributed by atoms with Crippen molar-refractivity contribution in [2.45, 2.75) is 33.4 Å². The Morgan fingerprint density at radius 3 is 2.45 bits per heavy atom. The SMILES string of the molecule is CCN(CC(=O)NC(C)C)C(=O)c1ccccc1OC(F)F. The second kappa shape index (κ2) is 8.31. The summed E-state index contributed by atoms with van der Waals surface area (Å²) in [6, 6.07) is 5.68. The first-order valence-electron chi connectivity index (χ1n) is 6.97. The van der Waals surface area contributed by atoms with Crippen LogP contribution in [0.1, 0.15) is 31.1 Å². The summed E-state index contributed by atoms with van der Waals surface area (Å²) >= 11 is 0. The monoisotopic (exact) mass is 314 g/mol. The van der Waals surface area contributed by atoms with E-state index in [0.29, 0.717) is 0 Å². The molecule has 5 nitrogen and oxygen atoms in total. The second-order valence-electron chi connectivity index (χ2n) is 4.92. The quantitative estimate of drug-likeness (QED) is 0.840. The van der Waals surface area contributed by atoms with Crippen molar-refractivity contribution in [3.8, 4) is 5.75 Å². The minimum absolute atomic E-state index is 0.00185. The Bertz CT molecular complexity index is 521. The first-order valence-corrected chi connectivity index (χ1v) is 6.97. The number of nitrogens with one attached hydrogen (secondary N) is 1. The minimum atomic E-state index is -3.02. The lowest BCUT2D eigenvalue weighted by atomic mass is 10.1. The Morgan fingerprint density at radius 1 is 1.27 bits per heavy atom. The molecule has 7 heteroatoms. The molecule has 1 aromatic rings. The molecule has 0 bridgehead atoms. The van der Waals surface area contributed by atoms with Gasteiger partial charge < -0.3 is 15.0 Å². The number of carbonyl (C=O) groups excluding carboxylic acids is 2. The molecule has 0 unspecified atom stereocenters. The molecule has 0 aliphatic carbocycles. The summed E-state index contributed by atoms with van der Waals surface area (Å²) in [5.41, 5.74) is 0.00185. The van der Waals surface area contributed by atoms with E-state index in [4.69, 9.17) is 0 Å². The van der Waals surface area contributed by atoms with Gasteiger partial charge in [-0.1, -0.05) is 12.1 Å². The summed E-state index contributed by atoms with van der Waals surface area (Å²) < 4.78 is 29.1. The van der Waals surface area contributed by atoms with Crippen LogP contribution in [0.25, 0.3) is 0 Å². The van der Waals surface area contributed by atoms with E-state index in [2.05, 4.69) is 10.1 Å². The molecule has 0 saturated heterocycles. The molecule has 1 aromatic carbocycles. The number of para-hydroxylation sites is 1. The number of benzene rings is 1. The lowest BCUT2D eigenvalue weighted by molar-refractivity contribution is -0.122. The third-order valence-electron chi connectivity index (χ3n) is 2.79. The van der Waals surface area contributed by atoms with E-state index >= 15 is 0 Å². The molecule has 122 valence electrons. The van der Waals surface area contributed by atoms with Gasteiger partial charge in [-0.25, -0.2) is 0 Å². The molecule has 2 amide bonds. The van der Waals surface area contributed by atoms with Gasteiger partial charge in [-0.15, -0.1) is 0 Å². The number of halogens is 2. The van der Waals surface area contributed by atoms with Gasteiger partial charge in [0.25, 0.3) is 5.91 Å². The zero-order chi connectivity index (χ0) is 16.7. The zero-order valence-electron chi connectivity index (χ0n) is 12.8. The second-order valence-corrected chi connectivity index (χ2v) is 4.92. The maximum atomic E-state index is 12.4. The van der Waals surface area contributed by atoms with Crippen molar-refractivity contribution in [2.24, 2.45) is 0 Å². The van der Waals surface area contributed by atoms with Crippen molar-refractivity contribution in [3.05, 3.63) is 29.8 Å². The molecule has 0 heterocycles. The third kappa shape index (κ3) is 5.31. The van der Waals surface area contributed by atoms with Crippen molar-refractivity contribution in [1.82, 2.24) is 10.2 Å². The van der Waals surface area contributed by atoms with Gasteiger partial charge in [0, 0.05) is 12.6 Å². The van der Waals surface area contributed by atoms with E-state index in [9.17, 15) is 18.4 Å². The van der Waals surface area contributed by atoms with Crippen molar-refractivity contribution in [3.63, 3.8) is 0 Å². The Kier molecular flexibility index (Phi) is 6.75. The highest BCUT2D eigenvalue weighted by molar-refractivity contribution is 5.98. The van der Waals surface area contributed by atoms with Crippen molar-refractivity contribution in [1.29, 1.82) is 0 Å². The summed E-state index contributed by atoms with van der Waals surface area (Å²) in [5.74, 6) is -1.04. The highest BCUT2D eigenvalue weighted by Gasteiger charge is 2.22. The molecule has 1 rings (SSSR count). The maximum Gasteiger partial charge on any atom is 0.387 e. The molecule has 0 aliphatic heterocycles. The fraction of sp³-hybridized carbons (Fsp3) is 0.467. The molecule has 0 radical (unpaired) electrons. The van der Waals surface area contributed by atoms with E-state index in [1.807, 2.05) is 13.8 Å². The Morgan fingerprint density at radius 2 is 1.91 bits per heavy atom. The van der Waals surface area contributed by atoms with E-state index in [1.54, 1.807) is 13.0 Å². The van der Waals surface area contributed by atoms with Crippen molar-refractivity contribution >= 4 is 11.8 Å². The normalized spacial score (nSPS) is 10.7. The van der Waals surface area contributed by atoms with Gasteiger partial charge in [-0.3, -0.25) is 9.59 Å². The average molecular weight is 314 g/mol. The van der Waals surface area contributed by atoms with Crippen LogP contribution in [0.3, 0.4) is 0 Å². The average Bonchev–Trinajstić information content (AvgIpc) is 2.43. The summed E-state index contributed by atoms with van der Waals surface area (Å²) in [5, 5.41) is 2.68. The molecule has 0 fully saturated rings. The van der Waals surface area contributed by atoms with E-state index in [1.165, 1.54) is 23.1 Å². The topological polar surface area (TPSA) is 58.6 Å². The summed E-state index contributed by atoms with van der Waals surface area (Å²) in [7, 11) is 0. The number of rotatable bonds is 7. The lowest BCUT2D eigenvalue weighted by Crippen LogP contribution is -2.42. The molecule has 22 heavy (non-hydrogen) atoms. The number of ether oxygens (including phenoxy) is 1. The van der Waals surface area contributed by atoms with Gasteiger partial charge in [0.05, 0.1) is 12.1 Å². The molecular weight excluding hydrogens is 294 g/mol.